The molecule has 2 aromatic carbocycles. The number of carbonyl (C=O) groups excluding carboxylic acids is 1. The normalized spacial score (nSPS) is 12.4. The Labute approximate surface area is 174 Å². The van der Waals surface area contributed by atoms with Gasteiger partial charge in [-0.1, -0.05) is 18.2 Å². The number of rotatable bonds is 7. The summed E-state index contributed by atoms with van der Waals surface area (Å²) in [4.78, 5) is 12.9. The van der Waals surface area contributed by atoms with Crippen molar-refractivity contribution in [1.82, 2.24) is 0 Å². The van der Waals surface area contributed by atoms with E-state index in [1.54, 1.807) is 31.0 Å². The number of anilines is 1. The first-order valence-electron chi connectivity index (χ1n) is 8.59. The summed E-state index contributed by atoms with van der Waals surface area (Å²) < 4.78 is 53.9. The van der Waals surface area contributed by atoms with Crippen LogP contribution in [0.2, 0.25) is 0 Å². The van der Waals surface area contributed by atoms with E-state index in [-0.39, 0.29) is 24.2 Å². The SMILES string of the molecule is Cc1ccc(CN(C)c2cc(C(F)(F)F)ccc2/C(Br)=C(/C=O)CC=N)cc1F. The minimum Gasteiger partial charge on any atom is -0.370 e. The van der Waals surface area contributed by atoms with Crippen molar-refractivity contribution in [2.75, 3.05) is 11.9 Å². The first-order chi connectivity index (χ1) is 13.6. The Hall–Kier alpha value is -2.48. The average Bonchev–Trinajstić information content (AvgIpc) is 2.67. The van der Waals surface area contributed by atoms with Crippen LogP contribution in [0.15, 0.2) is 42.0 Å². The van der Waals surface area contributed by atoms with Crippen LogP contribution in [0.4, 0.5) is 23.2 Å². The van der Waals surface area contributed by atoms with Crippen LogP contribution in [0.3, 0.4) is 0 Å². The molecular weight excluding hydrogens is 452 g/mol. The number of hydrogen-bond acceptors (Lipinski definition) is 3. The van der Waals surface area contributed by atoms with Gasteiger partial charge in [0.15, 0.2) is 0 Å². The van der Waals surface area contributed by atoms with Crippen LogP contribution in [-0.4, -0.2) is 19.5 Å². The first-order valence-corrected chi connectivity index (χ1v) is 9.38. The van der Waals surface area contributed by atoms with Crippen LogP contribution in [0.5, 0.6) is 0 Å². The fraction of sp³-hybridized carbons (Fsp3) is 0.238. The van der Waals surface area contributed by atoms with E-state index in [0.29, 0.717) is 27.5 Å². The van der Waals surface area contributed by atoms with E-state index < -0.39 is 17.6 Å². The third-order valence-corrected chi connectivity index (χ3v) is 5.31. The lowest BCUT2D eigenvalue weighted by molar-refractivity contribution is -0.137. The van der Waals surface area contributed by atoms with Gasteiger partial charge in [-0.05, 0) is 58.4 Å². The smallest absolute Gasteiger partial charge is 0.370 e. The van der Waals surface area contributed by atoms with Gasteiger partial charge in [-0.2, -0.15) is 13.2 Å². The summed E-state index contributed by atoms with van der Waals surface area (Å²) in [5, 5.41) is 7.20. The summed E-state index contributed by atoms with van der Waals surface area (Å²) in [5.74, 6) is -0.393. The predicted octanol–water partition coefficient (Wildman–Crippen LogP) is 6.13. The third kappa shape index (κ3) is 5.53. The van der Waals surface area contributed by atoms with Gasteiger partial charge in [-0.15, -0.1) is 0 Å². The number of alkyl halides is 3. The van der Waals surface area contributed by atoms with Crippen LogP contribution < -0.4 is 4.90 Å². The molecule has 2 aromatic rings. The number of aryl methyl sites for hydroxylation is 1. The number of benzene rings is 2. The Morgan fingerprint density at radius 3 is 2.45 bits per heavy atom. The molecule has 0 saturated heterocycles. The summed E-state index contributed by atoms with van der Waals surface area (Å²) in [6.45, 7) is 1.78. The molecule has 1 N–H and O–H groups in total. The van der Waals surface area contributed by atoms with Gasteiger partial charge < -0.3 is 10.3 Å². The van der Waals surface area contributed by atoms with E-state index in [4.69, 9.17) is 5.41 Å². The molecule has 0 aliphatic heterocycles. The largest absolute Gasteiger partial charge is 0.416 e. The maximum atomic E-state index is 13.9. The summed E-state index contributed by atoms with van der Waals surface area (Å²) in [6, 6.07) is 7.87. The van der Waals surface area contributed by atoms with Gasteiger partial charge in [0.2, 0.25) is 0 Å². The minimum absolute atomic E-state index is 0.0391. The fourth-order valence-corrected chi connectivity index (χ4v) is 3.37. The quantitative estimate of drug-likeness (QED) is 0.229. The molecule has 3 nitrogen and oxygen atoms in total. The van der Waals surface area contributed by atoms with Crippen molar-refractivity contribution in [2.24, 2.45) is 0 Å². The molecular formula is C21H19BrF4N2O. The topological polar surface area (TPSA) is 44.2 Å². The number of hydrogen-bond donors (Lipinski definition) is 1. The highest BCUT2D eigenvalue weighted by Crippen LogP contribution is 2.38. The van der Waals surface area contributed by atoms with Crippen molar-refractivity contribution in [3.8, 4) is 0 Å². The molecule has 0 amide bonds. The summed E-state index contributed by atoms with van der Waals surface area (Å²) in [7, 11) is 1.59. The Balaban J connectivity index is 2.57. The lowest BCUT2D eigenvalue weighted by Gasteiger charge is -2.24. The maximum absolute atomic E-state index is 13.9. The number of allylic oxidation sites excluding steroid dienone is 1. The first kappa shape index (κ1) is 22.8. The highest BCUT2D eigenvalue weighted by Gasteiger charge is 2.31. The van der Waals surface area contributed by atoms with Gasteiger partial charge in [-0.25, -0.2) is 4.39 Å². The monoisotopic (exact) mass is 470 g/mol. The van der Waals surface area contributed by atoms with Crippen molar-refractivity contribution < 1.29 is 22.4 Å². The number of nitrogens with one attached hydrogen (secondary N) is 1. The lowest BCUT2D eigenvalue weighted by Crippen LogP contribution is -2.19. The number of carbonyl (C=O) groups is 1. The average molecular weight is 471 g/mol. The Bertz CT molecular complexity index is 954. The van der Waals surface area contributed by atoms with Crippen molar-refractivity contribution >= 4 is 38.6 Å². The van der Waals surface area contributed by atoms with E-state index in [1.807, 2.05) is 0 Å². The molecule has 0 aliphatic carbocycles. The van der Waals surface area contributed by atoms with Crippen LogP contribution >= 0.6 is 15.9 Å². The molecule has 29 heavy (non-hydrogen) atoms. The van der Waals surface area contributed by atoms with E-state index in [1.165, 1.54) is 12.1 Å². The van der Waals surface area contributed by atoms with Crippen LogP contribution in [0.1, 0.15) is 28.7 Å². The summed E-state index contributed by atoms with van der Waals surface area (Å²) in [6.07, 6.45) is -2.90. The fourth-order valence-electron chi connectivity index (χ4n) is 2.78. The minimum atomic E-state index is -4.54. The van der Waals surface area contributed by atoms with Crippen molar-refractivity contribution in [1.29, 1.82) is 5.41 Å². The van der Waals surface area contributed by atoms with Gasteiger partial charge in [-0.3, -0.25) is 4.79 Å². The van der Waals surface area contributed by atoms with Crippen molar-refractivity contribution in [3.05, 3.63) is 70.0 Å². The van der Waals surface area contributed by atoms with E-state index >= 15 is 0 Å². The molecule has 154 valence electrons. The Kier molecular flexibility index (Phi) is 7.35. The predicted molar refractivity (Wildman–Crippen MR) is 110 cm³/mol. The zero-order chi connectivity index (χ0) is 21.8. The van der Waals surface area contributed by atoms with Crippen molar-refractivity contribution in [3.63, 3.8) is 0 Å². The van der Waals surface area contributed by atoms with Crippen LogP contribution in [0, 0.1) is 18.2 Å². The highest BCUT2D eigenvalue weighted by atomic mass is 79.9. The van der Waals surface area contributed by atoms with E-state index in [9.17, 15) is 22.4 Å². The second-order valence-electron chi connectivity index (χ2n) is 6.53. The van der Waals surface area contributed by atoms with Crippen molar-refractivity contribution in [2.45, 2.75) is 26.1 Å². The number of aldehydes is 1. The molecule has 0 aliphatic rings. The molecule has 0 radical (unpaired) electrons. The second-order valence-corrected chi connectivity index (χ2v) is 7.33. The zero-order valence-corrected chi connectivity index (χ0v) is 17.4. The van der Waals surface area contributed by atoms with Gasteiger partial charge in [0, 0.05) is 41.3 Å². The molecule has 0 unspecified atom stereocenters. The molecule has 0 heterocycles. The maximum Gasteiger partial charge on any atom is 0.416 e. The molecule has 0 bridgehead atoms. The Morgan fingerprint density at radius 2 is 1.90 bits per heavy atom. The summed E-state index contributed by atoms with van der Waals surface area (Å²) in [5.41, 5.74) is 1.06. The molecule has 0 aromatic heterocycles. The lowest BCUT2D eigenvalue weighted by atomic mass is 10.0. The second kappa shape index (κ2) is 9.35. The van der Waals surface area contributed by atoms with Gasteiger partial charge in [0.1, 0.15) is 12.1 Å². The summed E-state index contributed by atoms with van der Waals surface area (Å²) >= 11 is 3.29. The third-order valence-electron chi connectivity index (χ3n) is 4.37. The van der Waals surface area contributed by atoms with Crippen LogP contribution in [0.25, 0.3) is 4.48 Å². The molecule has 8 heteroatoms. The van der Waals surface area contributed by atoms with Crippen LogP contribution in [-0.2, 0) is 17.5 Å². The molecule has 0 atom stereocenters. The van der Waals surface area contributed by atoms with Gasteiger partial charge >= 0.3 is 6.18 Å². The number of nitrogens with zero attached hydrogens (tertiary/aromatic N) is 1. The molecule has 0 fully saturated rings. The zero-order valence-electron chi connectivity index (χ0n) is 15.8. The molecule has 2 rings (SSSR count). The van der Waals surface area contributed by atoms with E-state index in [2.05, 4.69) is 15.9 Å². The Morgan fingerprint density at radius 1 is 1.21 bits per heavy atom. The molecule has 0 saturated carbocycles. The van der Waals surface area contributed by atoms with E-state index in [0.717, 1.165) is 18.3 Å². The van der Waals surface area contributed by atoms with Gasteiger partial charge in [0.05, 0.1) is 5.56 Å². The molecule has 0 spiro atoms. The van der Waals surface area contributed by atoms with Gasteiger partial charge in [0.25, 0.3) is 0 Å². The highest BCUT2D eigenvalue weighted by molar-refractivity contribution is 9.15. The number of halogens is 5. The standard InChI is InChI=1S/C21H19BrF4N2O/c1-13-3-4-14(9-18(13)23)11-28(2)19-10-16(21(24,25)26)5-6-17(19)20(22)15(12-29)7-8-27/h3-6,8-10,12,27H,7,11H2,1-2H3/b20-15-,27-8?.